The van der Waals surface area contributed by atoms with E-state index >= 15 is 0 Å². The number of ether oxygens (including phenoxy) is 3. The number of carbonyl (C=O) groups excluding carboxylic acids is 1. The van der Waals surface area contributed by atoms with E-state index in [4.69, 9.17) is 25.8 Å². The molecule has 2 heterocycles. The Hall–Kier alpha value is -2.16. The average Bonchev–Trinajstić information content (AvgIpc) is 2.73. The molecule has 2 aromatic carbocycles. The van der Waals surface area contributed by atoms with E-state index in [9.17, 15) is 4.79 Å². The molecule has 7 nitrogen and oxygen atoms in total. The number of halogens is 2. The van der Waals surface area contributed by atoms with Crippen LogP contribution in [-0.2, 0) is 9.53 Å². The van der Waals surface area contributed by atoms with E-state index < -0.39 is 0 Å². The normalized spacial score (nSPS) is 15.7. The molecule has 4 rings (SSSR count). The number of fused-ring (bicyclic) bond motifs is 1. The second-order valence-electron chi connectivity index (χ2n) is 6.64. The Morgan fingerprint density at radius 2 is 1.76 bits per heavy atom. The third kappa shape index (κ3) is 4.88. The number of anilines is 3. The molecule has 2 aliphatic heterocycles. The molecule has 2 N–H and O–H groups in total. The highest BCUT2D eigenvalue weighted by molar-refractivity contribution is 9.10. The first kappa shape index (κ1) is 20.1. The highest BCUT2D eigenvalue weighted by atomic mass is 79.9. The Kier molecular flexibility index (Phi) is 6.32. The van der Waals surface area contributed by atoms with E-state index in [1.54, 1.807) is 12.1 Å². The molecule has 0 saturated carbocycles. The van der Waals surface area contributed by atoms with Gasteiger partial charge in [0.15, 0.2) is 11.5 Å². The third-order valence-electron chi connectivity index (χ3n) is 4.66. The van der Waals surface area contributed by atoms with Crippen molar-refractivity contribution in [3.63, 3.8) is 0 Å². The molecule has 0 aromatic heterocycles. The zero-order chi connectivity index (χ0) is 20.2. The summed E-state index contributed by atoms with van der Waals surface area (Å²) >= 11 is 9.64. The minimum absolute atomic E-state index is 0.0958. The van der Waals surface area contributed by atoms with Gasteiger partial charge in [-0.1, -0.05) is 11.6 Å². The number of nitrogens with zero attached hydrogens (tertiary/aromatic N) is 1. The molecular weight excluding hydrogens is 462 g/mol. The maximum Gasteiger partial charge on any atom is 0.243 e. The number of carbonyl (C=O) groups is 1. The number of hydrogen-bond donors (Lipinski definition) is 2. The van der Waals surface area contributed by atoms with Crippen molar-refractivity contribution in [3.05, 3.63) is 39.8 Å². The fourth-order valence-corrected chi connectivity index (χ4v) is 3.85. The Morgan fingerprint density at radius 1 is 1.03 bits per heavy atom. The Bertz CT molecular complexity index is 906. The van der Waals surface area contributed by atoms with Crippen LogP contribution in [0.25, 0.3) is 0 Å². The summed E-state index contributed by atoms with van der Waals surface area (Å²) in [6.45, 7) is 4.06. The lowest BCUT2D eigenvalue weighted by molar-refractivity contribution is -0.114. The van der Waals surface area contributed by atoms with Gasteiger partial charge < -0.3 is 29.7 Å². The number of morpholine rings is 1. The first-order valence-corrected chi connectivity index (χ1v) is 10.5. The Balaban J connectivity index is 1.43. The summed E-state index contributed by atoms with van der Waals surface area (Å²) in [5.41, 5.74) is 2.45. The van der Waals surface area contributed by atoms with Crippen LogP contribution in [0.5, 0.6) is 11.5 Å². The van der Waals surface area contributed by atoms with Gasteiger partial charge in [-0.3, -0.25) is 4.79 Å². The summed E-state index contributed by atoms with van der Waals surface area (Å²) in [6.07, 6.45) is 0. The summed E-state index contributed by atoms with van der Waals surface area (Å²) in [4.78, 5) is 14.8. The SMILES string of the molecule is O=C(CNc1cc(Cl)ccc1N1CCOCC1)Nc1cc2c(cc1Br)OCCO2. The zero-order valence-electron chi connectivity index (χ0n) is 15.7. The van der Waals surface area contributed by atoms with Crippen molar-refractivity contribution in [2.45, 2.75) is 0 Å². The number of benzene rings is 2. The molecule has 1 saturated heterocycles. The lowest BCUT2D eigenvalue weighted by atomic mass is 10.2. The Labute approximate surface area is 182 Å². The standard InChI is InChI=1S/C20H21BrClN3O4/c21-14-10-18-19(29-8-7-28-18)11-15(14)24-20(26)12-23-16-9-13(22)1-2-17(16)25-3-5-27-6-4-25/h1-2,9-11,23H,3-8,12H2,(H,24,26). The number of nitrogens with one attached hydrogen (secondary N) is 2. The fourth-order valence-electron chi connectivity index (χ4n) is 3.26. The first-order chi connectivity index (χ1) is 14.1. The molecule has 2 aliphatic rings. The van der Waals surface area contributed by atoms with Gasteiger partial charge in [0.25, 0.3) is 0 Å². The molecule has 1 amide bonds. The number of amides is 1. The molecule has 154 valence electrons. The highest BCUT2D eigenvalue weighted by Crippen LogP contribution is 2.38. The van der Waals surface area contributed by atoms with Crippen molar-refractivity contribution in [2.24, 2.45) is 0 Å². The maximum absolute atomic E-state index is 12.5. The second-order valence-corrected chi connectivity index (χ2v) is 7.93. The second kappa shape index (κ2) is 9.11. The van der Waals surface area contributed by atoms with Gasteiger partial charge in [0.1, 0.15) is 13.2 Å². The first-order valence-electron chi connectivity index (χ1n) is 9.35. The van der Waals surface area contributed by atoms with Crippen LogP contribution in [0.2, 0.25) is 5.02 Å². The predicted molar refractivity (Wildman–Crippen MR) is 117 cm³/mol. The number of hydrogen-bond acceptors (Lipinski definition) is 6. The van der Waals surface area contributed by atoms with Gasteiger partial charge in [0.05, 0.1) is 36.8 Å². The molecule has 9 heteroatoms. The van der Waals surface area contributed by atoms with Crippen LogP contribution in [0.15, 0.2) is 34.8 Å². The van der Waals surface area contributed by atoms with E-state index in [0.29, 0.717) is 48.6 Å². The van der Waals surface area contributed by atoms with E-state index in [1.807, 2.05) is 18.2 Å². The van der Waals surface area contributed by atoms with E-state index in [-0.39, 0.29) is 12.5 Å². The van der Waals surface area contributed by atoms with Crippen LogP contribution in [0, 0.1) is 0 Å². The molecular formula is C20H21BrClN3O4. The van der Waals surface area contributed by atoms with E-state index in [2.05, 4.69) is 31.5 Å². The van der Waals surface area contributed by atoms with Crippen molar-refractivity contribution in [3.8, 4) is 11.5 Å². The lowest BCUT2D eigenvalue weighted by Crippen LogP contribution is -2.36. The fraction of sp³-hybridized carbons (Fsp3) is 0.350. The van der Waals surface area contributed by atoms with Crippen molar-refractivity contribution in [2.75, 3.05) is 61.6 Å². The molecule has 0 radical (unpaired) electrons. The Morgan fingerprint density at radius 3 is 2.52 bits per heavy atom. The van der Waals surface area contributed by atoms with Gasteiger partial charge in [0, 0.05) is 34.7 Å². The van der Waals surface area contributed by atoms with Crippen molar-refractivity contribution in [1.82, 2.24) is 0 Å². The average molecular weight is 483 g/mol. The molecule has 0 atom stereocenters. The molecule has 29 heavy (non-hydrogen) atoms. The van der Waals surface area contributed by atoms with Crippen LogP contribution in [0.3, 0.4) is 0 Å². The van der Waals surface area contributed by atoms with Crippen LogP contribution < -0.4 is 25.0 Å². The smallest absolute Gasteiger partial charge is 0.243 e. The summed E-state index contributed by atoms with van der Waals surface area (Å²) in [6, 6.07) is 9.20. The predicted octanol–water partition coefficient (Wildman–Crippen LogP) is 3.76. The quantitative estimate of drug-likeness (QED) is 0.676. The summed E-state index contributed by atoms with van der Waals surface area (Å²) in [5, 5.41) is 6.71. The highest BCUT2D eigenvalue weighted by Gasteiger charge is 2.18. The van der Waals surface area contributed by atoms with Crippen LogP contribution in [0.1, 0.15) is 0 Å². The van der Waals surface area contributed by atoms with Crippen LogP contribution in [-0.4, -0.2) is 52.0 Å². The molecule has 1 fully saturated rings. The summed E-state index contributed by atoms with van der Waals surface area (Å²) < 4.78 is 17.3. The van der Waals surface area contributed by atoms with Crippen molar-refractivity contribution >= 4 is 50.5 Å². The molecule has 0 aliphatic carbocycles. The summed E-state index contributed by atoms with van der Waals surface area (Å²) in [7, 11) is 0. The van der Waals surface area contributed by atoms with E-state index in [1.165, 1.54) is 0 Å². The topological polar surface area (TPSA) is 72.1 Å². The lowest BCUT2D eigenvalue weighted by Gasteiger charge is -2.30. The van der Waals surface area contributed by atoms with Gasteiger partial charge in [-0.25, -0.2) is 0 Å². The van der Waals surface area contributed by atoms with Gasteiger partial charge in [-0.05, 0) is 34.1 Å². The largest absolute Gasteiger partial charge is 0.486 e. The van der Waals surface area contributed by atoms with Crippen molar-refractivity contribution in [1.29, 1.82) is 0 Å². The van der Waals surface area contributed by atoms with Crippen molar-refractivity contribution < 1.29 is 19.0 Å². The van der Waals surface area contributed by atoms with E-state index in [0.717, 1.165) is 28.9 Å². The maximum atomic E-state index is 12.5. The monoisotopic (exact) mass is 481 g/mol. The minimum atomic E-state index is -0.185. The molecule has 0 unspecified atom stereocenters. The van der Waals surface area contributed by atoms with Gasteiger partial charge in [0.2, 0.25) is 5.91 Å². The van der Waals surface area contributed by atoms with Gasteiger partial charge >= 0.3 is 0 Å². The minimum Gasteiger partial charge on any atom is -0.486 e. The molecule has 0 spiro atoms. The van der Waals surface area contributed by atoms with Crippen LogP contribution in [0.4, 0.5) is 17.1 Å². The van der Waals surface area contributed by atoms with Gasteiger partial charge in [-0.15, -0.1) is 0 Å². The summed E-state index contributed by atoms with van der Waals surface area (Å²) in [5.74, 6) is 1.09. The number of rotatable bonds is 5. The van der Waals surface area contributed by atoms with Gasteiger partial charge in [-0.2, -0.15) is 0 Å². The zero-order valence-corrected chi connectivity index (χ0v) is 18.0. The molecule has 0 bridgehead atoms. The molecule has 2 aromatic rings. The van der Waals surface area contributed by atoms with Crippen LogP contribution >= 0.6 is 27.5 Å². The third-order valence-corrected chi connectivity index (χ3v) is 5.55.